The topological polar surface area (TPSA) is 3.24 Å². The summed E-state index contributed by atoms with van der Waals surface area (Å²) >= 11 is 0. The van der Waals surface area contributed by atoms with Crippen molar-refractivity contribution in [2.24, 2.45) is 5.41 Å². The zero-order valence-corrected chi connectivity index (χ0v) is 14.7. The Morgan fingerprint density at radius 2 is 1.86 bits per heavy atom. The Labute approximate surface area is 132 Å². The third kappa shape index (κ3) is 5.57. The summed E-state index contributed by atoms with van der Waals surface area (Å²) in [5.41, 5.74) is 3.00. The first-order valence-electron chi connectivity index (χ1n) is 8.41. The Kier molecular flexibility index (Phi) is 7.01. The molecule has 0 amide bonds. The minimum absolute atomic E-state index is 0.406. The van der Waals surface area contributed by atoms with Crippen molar-refractivity contribution in [1.82, 2.24) is 0 Å². The van der Waals surface area contributed by atoms with Crippen molar-refractivity contribution in [2.75, 3.05) is 11.4 Å². The van der Waals surface area contributed by atoms with E-state index in [-0.39, 0.29) is 0 Å². The van der Waals surface area contributed by atoms with Gasteiger partial charge in [0.05, 0.1) is 0 Å². The van der Waals surface area contributed by atoms with Crippen LogP contribution in [0.4, 0.5) is 5.69 Å². The monoisotopic (exact) mass is 287 g/mol. The van der Waals surface area contributed by atoms with Gasteiger partial charge in [0.15, 0.2) is 0 Å². The van der Waals surface area contributed by atoms with Crippen molar-refractivity contribution in [1.29, 1.82) is 0 Å². The fourth-order valence-corrected chi connectivity index (χ4v) is 2.84. The number of nitrogens with zero attached hydrogens (tertiary/aromatic N) is 1. The number of rotatable bonds is 8. The van der Waals surface area contributed by atoms with Crippen LogP contribution in [0, 0.1) is 5.41 Å². The third-order valence-corrected chi connectivity index (χ3v) is 4.07. The molecule has 1 atom stereocenters. The molecule has 0 fully saturated rings. The normalized spacial score (nSPS) is 13.0. The lowest BCUT2D eigenvalue weighted by Gasteiger charge is -2.35. The van der Waals surface area contributed by atoms with Gasteiger partial charge in [-0.2, -0.15) is 0 Å². The summed E-state index contributed by atoms with van der Waals surface area (Å²) in [6.45, 7) is 16.7. The van der Waals surface area contributed by atoms with E-state index in [9.17, 15) is 0 Å². The lowest BCUT2D eigenvalue weighted by atomic mass is 9.87. The summed E-state index contributed by atoms with van der Waals surface area (Å²) < 4.78 is 0. The number of hydrogen-bond acceptors (Lipinski definition) is 1. The predicted octanol–water partition coefficient (Wildman–Crippen LogP) is 6.15. The third-order valence-electron chi connectivity index (χ3n) is 4.07. The van der Waals surface area contributed by atoms with Gasteiger partial charge in [-0.05, 0) is 42.7 Å². The van der Waals surface area contributed by atoms with Crippen LogP contribution in [-0.4, -0.2) is 12.6 Å². The van der Waals surface area contributed by atoms with E-state index < -0.39 is 0 Å². The van der Waals surface area contributed by atoms with E-state index in [1.54, 1.807) is 0 Å². The van der Waals surface area contributed by atoms with E-state index in [4.69, 9.17) is 0 Å². The number of anilines is 1. The molecule has 0 aliphatic rings. The molecule has 0 bridgehead atoms. The Balaban J connectivity index is 2.99. The molecule has 21 heavy (non-hydrogen) atoms. The second-order valence-electron chi connectivity index (χ2n) is 7.12. The molecular formula is C20H33N. The molecule has 1 aromatic carbocycles. The molecule has 1 rings (SSSR count). The lowest BCUT2D eigenvalue weighted by Crippen LogP contribution is -2.36. The molecule has 0 aromatic heterocycles. The van der Waals surface area contributed by atoms with E-state index in [0.29, 0.717) is 11.5 Å². The van der Waals surface area contributed by atoms with Gasteiger partial charge in [-0.3, -0.25) is 0 Å². The first kappa shape index (κ1) is 17.8. The largest absolute Gasteiger partial charge is 0.368 e. The van der Waals surface area contributed by atoms with E-state index in [2.05, 4.69) is 70.4 Å². The van der Waals surface area contributed by atoms with Gasteiger partial charge in [-0.25, -0.2) is 0 Å². The van der Waals surface area contributed by atoms with Gasteiger partial charge in [0.2, 0.25) is 0 Å². The Bertz CT molecular complexity index is 428. The first-order chi connectivity index (χ1) is 9.92. The standard InChI is InChI=1S/C20H33N/c1-7-16-21(18(9-3)14-15-20(4,5)6)19-13-11-10-12-17(19)8-2/h8,10-13,18H,2,7,9,14-16H2,1,3-6H3. The molecule has 118 valence electrons. The molecule has 1 unspecified atom stereocenters. The van der Waals surface area contributed by atoms with Crippen molar-refractivity contribution in [3.8, 4) is 0 Å². The van der Waals surface area contributed by atoms with E-state index in [1.807, 2.05) is 6.08 Å². The summed E-state index contributed by atoms with van der Waals surface area (Å²) in [6, 6.07) is 9.26. The van der Waals surface area contributed by atoms with Crippen LogP contribution in [0.1, 0.15) is 65.9 Å². The molecule has 1 heteroatoms. The fourth-order valence-electron chi connectivity index (χ4n) is 2.84. The van der Waals surface area contributed by atoms with Gasteiger partial charge in [-0.1, -0.05) is 65.5 Å². The summed E-state index contributed by atoms with van der Waals surface area (Å²) in [4.78, 5) is 2.60. The second-order valence-corrected chi connectivity index (χ2v) is 7.12. The quantitative estimate of drug-likeness (QED) is 0.554. The maximum absolute atomic E-state index is 3.98. The number of hydrogen-bond donors (Lipinski definition) is 0. The summed E-state index contributed by atoms with van der Waals surface area (Å²) in [5, 5.41) is 0. The highest BCUT2D eigenvalue weighted by Gasteiger charge is 2.21. The molecule has 0 spiro atoms. The minimum Gasteiger partial charge on any atom is -0.368 e. The van der Waals surface area contributed by atoms with Crippen LogP contribution in [0.5, 0.6) is 0 Å². The lowest BCUT2D eigenvalue weighted by molar-refractivity contribution is 0.339. The average molecular weight is 287 g/mol. The van der Waals surface area contributed by atoms with E-state index in [1.165, 1.54) is 36.9 Å². The fraction of sp³-hybridized carbons (Fsp3) is 0.600. The molecule has 0 heterocycles. The van der Waals surface area contributed by atoms with Crippen molar-refractivity contribution in [3.05, 3.63) is 36.4 Å². The van der Waals surface area contributed by atoms with Crippen LogP contribution >= 0.6 is 0 Å². The molecule has 0 aliphatic carbocycles. The summed E-state index contributed by atoms with van der Waals surface area (Å²) in [5.74, 6) is 0. The molecule has 0 saturated carbocycles. The van der Waals surface area contributed by atoms with Gasteiger partial charge < -0.3 is 4.90 Å². The maximum Gasteiger partial charge on any atom is 0.0442 e. The predicted molar refractivity (Wildman–Crippen MR) is 96.9 cm³/mol. The molecule has 1 aromatic rings. The SMILES string of the molecule is C=Cc1ccccc1N(CCC)C(CC)CCC(C)(C)C. The van der Waals surface area contributed by atoms with Crippen molar-refractivity contribution < 1.29 is 0 Å². The Morgan fingerprint density at radius 3 is 2.38 bits per heavy atom. The van der Waals surface area contributed by atoms with Gasteiger partial charge >= 0.3 is 0 Å². The average Bonchev–Trinajstić information content (AvgIpc) is 2.45. The Morgan fingerprint density at radius 1 is 1.19 bits per heavy atom. The highest BCUT2D eigenvalue weighted by molar-refractivity contribution is 5.67. The van der Waals surface area contributed by atoms with Crippen LogP contribution in [0.2, 0.25) is 0 Å². The number of para-hydroxylation sites is 1. The zero-order chi connectivity index (χ0) is 15.9. The van der Waals surface area contributed by atoms with Crippen molar-refractivity contribution in [3.63, 3.8) is 0 Å². The van der Waals surface area contributed by atoms with Crippen LogP contribution in [0.3, 0.4) is 0 Å². The van der Waals surface area contributed by atoms with E-state index in [0.717, 1.165) is 6.54 Å². The molecule has 1 nitrogen and oxygen atoms in total. The molecule has 0 radical (unpaired) electrons. The van der Waals surface area contributed by atoms with Crippen LogP contribution in [0.25, 0.3) is 6.08 Å². The maximum atomic E-state index is 3.98. The summed E-state index contributed by atoms with van der Waals surface area (Å²) in [7, 11) is 0. The number of benzene rings is 1. The highest BCUT2D eigenvalue weighted by Crippen LogP contribution is 2.29. The smallest absolute Gasteiger partial charge is 0.0442 e. The van der Waals surface area contributed by atoms with Crippen molar-refractivity contribution in [2.45, 2.75) is 66.3 Å². The van der Waals surface area contributed by atoms with Crippen LogP contribution < -0.4 is 4.90 Å². The highest BCUT2D eigenvalue weighted by atomic mass is 15.2. The summed E-state index contributed by atoms with van der Waals surface area (Å²) in [6.07, 6.45) is 6.88. The molecule has 0 N–H and O–H groups in total. The molecule has 0 aliphatic heterocycles. The second kappa shape index (κ2) is 8.26. The first-order valence-corrected chi connectivity index (χ1v) is 8.41. The molecule has 0 saturated heterocycles. The van der Waals surface area contributed by atoms with Crippen molar-refractivity contribution >= 4 is 11.8 Å². The van der Waals surface area contributed by atoms with Gasteiger partial charge in [0.25, 0.3) is 0 Å². The molecular weight excluding hydrogens is 254 g/mol. The van der Waals surface area contributed by atoms with Gasteiger partial charge in [0, 0.05) is 18.3 Å². The zero-order valence-electron chi connectivity index (χ0n) is 14.7. The van der Waals surface area contributed by atoms with Crippen LogP contribution in [-0.2, 0) is 0 Å². The van der Waals surface area contributed by atoms with Gasteiger partial charge in [-0.15, -0.1) is 0 Å². The minimum atomic E-state index is 0.406. The van der Waals surface area contributed by atoms with Crippen LogP contribution in [0.15, 0.2) is 30.8 Å². The van der Waals surface area contributed by atoms with E-state index >= 15 is 0 Å². The van der Waals surface area contributed by atoms with Gasteiger partial charge in [0.1, 0.15) is 0 Å². The Hall–Kier alpha value is -1.24.